The van der Waals surface area contributed by atoms with Crippen LogP contribution in [0.25, 0.3) is 0 Å². The van der Waals surface area contributed by atoms with E-state index in [0.29, 0.717) is 0 Å². The van der Waals surface area contributed by atoms with E-state index in [2.05, 4.69) is 5.10 Å². The molecule has 1 aromatic rings. The number of alkyl halides is 3. The van der Waals surface area contributed by atoms with Crippen LogP contribution in [0.4, 0.5) is 13.2 Å². The summed E-state index contributed by atoms with van der Waals surface area (Å²) in [5.74, 6) is -0.633. The molecule has 1 aromatic heterocycles. The third-order valence-electron chi connectivity index (χ3n) is 3.49. The van der Waals surface area contributed by atoms with Crippen molar-refractivity contribution in [1.82, 2.24) is 10.2 Å². The number of nitrogens with zero attached hydrogens (tertiary/aromatic N) is 1. The summed E-state index contributed by atoms with van der Waals surface area (Å²) in [6, 6.07) is 0. The van der Waals surface area contributed by atoms with Crippen molar-refractivity contribution in [3.63, 3.8) is 0 Å². The third-order valence-corrected chi connectivity index (χ3v) is 3.49. The van der Waals surface area contributed by atoms with Crippen LogP contribution < -0.4 is 5.56 Å². The normalized spacial score (nSPS) is 21.6. The van der Waals surface area contributed by atoms with Crippen molar-refractivity contribution in [3.8, 4) is 0 Å². The minimum atomic E-state index is -4.78. The summed E-state index contributed by atoms with van der Waals surface area (Å²) in [5, 5.41) is 5.48. The molecule has 1 aliphatic rings. The zero-order valence-corrected chi connectivity index (χ0v) is 10.9. The lowest BCUT2D eigenvalue weighted by Crippen LogP contribution is -2.35. The van der Waals surface area contributed by atoms with Gasteiger partial charge < -0.3 is 4.74 Å². The minimum Gasteiger partial charge on any atom is -0.465 e. The molecule has 8 heteroatoms. The Kier molecular flexibility index (Phi) is 3.35. The highest BCUT2D eigenvalue weighted by Gasteiger charge is 2.49. The molecule has 0 saturated heterocycles. The number of fused-ring (bicyclic) bond motifs is 1. The van der Waals surface area contributed by atoms with Crippen LogP contribution in [0.1, 0.15) is 37.1 Å². The Morgan fingerprint density at radius 3 is 2.70 bits per heavy atom. The molecule has 0 aliphatic heterocycles. The highest BCUT2D eigenvalue weighted by atomic mass is 19.4. The van der Waals surface area contributed by atoms with E-state index in [0.717, 1.165) is 0 Å². The summed E-state index contributed by atoms with van der Waals surface area (Å²) in [6.45, 7) is 3.21. The fourth-order valence-corrected chi connectivity index (χ4v) is 2.47. The summed E-state index contributed by atoms with van der Waals surface area (Å²) in [5.41, 5.74) is -4.07. The molecular formula is C12H13F3N2O3. The van der Waals surface area contributed by atoms with Crippen LogP contribution in [0.5, 0.6) is 0 Å². The molecule has 20 heavy (non-hydrogen) atoms. The van der Waals surface area contributed by atoms with Crippen LogP contribution in [0.15, 0.2) is 4.79 Å². The van der Waals surface area contributed by atoms with Gasteiger partial charge in [0.05, 0.1) is 12.3 Å². The molecule has 0 aromatic carbocycles. The van der Waals surface area contributed by atoms with E-state index >= 15 is 0 Å². The molecule has 2 rings (SSSR count). The number of aromatic nitrogens is 2. The van der Waals surface area contributed by atoms with Crippen molar-refractivity contribution < 1.29 is 22.7 Å². The minimum absolute atomic E-state index is 0.0313. The number of hydrogen-bond acceptors (Lipinski definition) is 4. The second-order valence-corrected chi connectivity index (χ2v) is 4.81. The largest absolute Gasteiger partial charge is 0.465 e. The van der Waals surface area contributed by atoms with E-state index in [1.54, 1.807) is 6.92 Å². The Morgan fingerprint density at radius 1 is 1.50 bits per heavy atom. The molecule has 1 N–H and O–H groups in total. The second-order valence-electron chi connectivity index (χ2n) is 4.81. The van der Waals surface area contributed by atoms with Crippen molar-refractivity contribution >= 4 is 5.97 Å². The Labute approximate surface area is 112 Å². The van der Waals surface area contributed by atoms with Crippen LogP contribution >= 0.6 is 0 Å². The van der Waals surface area contributed by atoms with Gasteiger partial charge in [-0.2, -0.15) is 18.3 Å². The number of esters is 1. The van der Waals surface area contributed by atoms with Gasteiger partial charge in [0.25, 0.3) is 5.56 Å². The molecule has 110 valence electrons. The molecule has 1 heterocycles. The zero-order chi connectivity index (χ0) is 15.1. The number of aromatic amines is 1. The highest BCUT2D eigenvalue weighted by molar-refractivity contribution is 5.83. The topological polar surface area (TPSA) is 72.0 Å². The van der Waals surface area contributed by atoms with Crippen LogP contribution in [0.2, 0.25) is 0 Å². The van der Waals surface area contributed by atoms with E-state index in [1.807, 2.05) is 5.10 Å². The summed E-state index contributed by atoms with van der Waals surface area (Å²) in [4.78, 5) is 23.3. The van der Waals surface area contributed by atoms with Crippen molar-refractivity contribution in [2.45, 2.75) is 38.3 Å². The first-order chi connectivity index (χ1) is 9.21. The van der Waals surface area contributed by atoms with Crippen LogP contribution in [0.3, 0.4) is 0 Å². The van der Waals surface area contributed by atoms with Crippen LogP contribution in [-0.4, -0.2) is 22.8 Å². The molecule has 0 fully saturated rings. The average molecular weight is 290 g/mol. The number of nitrogens with one attached hydrogen (secondary N) is 1. The molecular weight excluding hydrogens is 277 g/mol. The number of carbonyl (C=O) groups excluding carboxylic acids is 1. The number of halogens is 3. The third kappa shape index (κ3) is 2.08. The zero-order valence-electron chi connectivity index (χ0n) is 10.9. The first-order valence-corrected chi connectivity index (χ1v) is 6.08. The number of hydrogen-bond donors (Lipinski definition) is 1. The van der Waals surface area contributed by atoms with Crippen LogP contribution in [0, 0.1) is 0 Å². The van der Waals surface area contributed by atoms with Gasteiger partial charge in [0, 0.05) is 0 Å². The number of H-pyrrole nitrogens is 1. The molecule has 0 amide bonds. The lowest BCUT2D eigenvalue weighted by Gasteiger charge is -2.21. The Balaban J connectivity index is 2.61. The van der Waals surface area contributed by atoms with Crippen molar-refractivity contribution in [3.05, 3.63) is 27.2 Å². The van der Waals surface area contributed by atoms with Crippen molar-refractivity contribution in [1.29, 1.82) is 0 Å². The summed E-state index contributed by atoms with van der Waals surface area (Å²) in [6.07, 6.45) is -4.68. The van der Waals surface area contributed by atoms with E-state index in [9.17, 15) is 22.8 Å². The molecule has 1 atom stereocenters. The van der Waals surface area contributed by atoms with Gasteiger partial charge in [-0.25, -0.2) is 5.10 Å². The van der Waals surface area contributed by atoms with Crippen molar-refractivity contribution in [2.24, 2.45) is 0 Å². The Bertz CT molecular complexity index is 609. The molecule has 0 spiro atoms. The molecule has 0 radical (unpaired) electrons. The molecule has 5 nitrogen and oxygen atoms in total. The molecule has 0 bridgehead atoms. The molecule has 1 aliphatic carbocycles. The predicted octanol–water partition coefficient (Wildman–Crippen LogP) is 1.56. The summed E-state index contributed by atoms with van der Waals surface area (Å²) in [7, 11) is 0. The quantitative estimate of drug-likeness (QED) is 0.839. The lowest BCUT2D eigenvalue weighted by atomic mass is 9.87. The molecule has 0 saturated carbocycles. The average Bonchev–Trinajstić information content (AvgIpc) is 2.67. The van der Waals surface area contributed by atoms with E-state index in [4.69, 9.17) is 4.74 Å². The fraction of sp³-hybridized carbons (Fsp3) is 0.583. The van der Waals surface area contributed by atoms with Gasteiger partial charge in [-0.3, -0.25) is 9.59 Å². The van der Waals surface area contributed by atoms with Gasteiger partial charge in [-0.05, 0) is 32.3 Å². The SMILES string of the molecule is CCOC(=O)C1(C)CCc2c1n[nH]c(=O)c2C(F)(F)F. The number of ether oxygens (including phenoxy) is 1. The monoisotopic (exact) mass is 290 g/mol. The Morgan fingerprint density at radius 2 is 2.15 bits per heavy atom. The van der Waals surface area contributed by atoms with Gasteiger partial charge in [0.15, 0.2) is 0 Å². The summed E-state index contributed by atoms with van der Waals surface area (Å²) >= 11 is 0. The lowest BCUT2D eigenvalue weighted by molar-refractivity contribution is -0.149. The maximum Gasteiger partial charge on any atom is 0.422 e. The first kappa shape index (κ1) is 14.5. The number of rotatable bonds is 2. The van der Waals surface area contributed by atoms with Gasteiger partial charge in [0.2, 0.25) is 0 Å². The second kappa shape index (κ2) is 4.60. The standard InChI is InChI=1S/C12H13F3N2O3/c1-3-20-10(19)11(2)5-4-6-7(12(13,14)15)9(18)17-16-8(6)11/h3-5H2,1-2H3,(H,17,18). The number of carbonyl (C=O) groups is 1. The van der Waals surface area contributed by atoms with E-state index in [1.165, 1.54) is 6.92 Å². The first-order valence-electron chi connectivity index (χ1n) is 6.08. The maximum atomic E-state index is 12.9. The molecule has 1 unspecified atom stereocenters. The van der Waals surface area contributed by atoms with Crippen molar-refractivity contribution in [2.75, 3.05) is 6.61 Å². The van der Waals surface area contributed by atoms with Gasteiger partial charge >= 0.3 is 12.1 Å². The summed E-state index contributed by atoms with van der Waals surface area (Å²) < 4.78 is 43.7. The van der Waals surface area contributed by atoms with Gasteiger partial charge in [-0.1, -0.05) is 0 Å². The fourth-order valence-electron chi connectivity index (χ4n) is 2.47. The highest BCUT2D eigenvalue weighted by Crippen LogP contribution is 2.42. The van der Waals surface area contributed by atoms with Crippen LogP contribution in [-0.2, 0) is 27.5 Å². The van der Waals surface area contributed by atoms with E-state index in [-0.39, 0.29) is 30.7 Å². The van der Waals surface area contributed by atoms with Gasteiger partial charge in [0.1, 0.15) is 11.0 Å². The smallest absolute Gasteiger partial charge is 0.422 e. The Hall–Kier alpha value is -1.86. The van der Waals surface area contributed by atoms with Gasteiger partial charge in [-0.15, -0.1) is 0 Å². The van der Waals surface area contributed by atoms with E-state index < -0.39 is 28.7 Å². The maximum absolute atomic E-state index is 12.9. The predicted molar refractivity (Wildman–Crippen MR) is 62.2 cm³/mol.